The van der Waals surface area contributed by atoms with Crippen molar-refractivity contribution >= 4 is 17.7 Å². The van der Waals surface area contributed by atoms with Crippen molar-refractivity contribution < 1.29 is 9.90 Å². The molecular weight excluding hydrogens is 224 g/mol. The average Bonchev–Trinajstić information content (AvgIpc) is 2.29. The molecule has 88 valence electrons. The quantitative estimate of drug-likeness (QED) is 0.783. The van der Waals surface area contributed by atoms with Crippen molar-refractivity contribution in [1.82, 2.24) is 4.98 Å². The Labute approximate surface area is 99.3 Å². The van der Waals surface area contributed by atoms with Crippen LogP contribution in [0.3, 0.4) is 0 Å². The first-order valence-electron chi connectivity index (χ1n) is 5.14. The number of rotatable bonds is 6. The standard InChI is InChI=1S/C11H16N2O2S/c1-2-8-4-3-5-9(13-8)6-16-7-10(12)11(14)15/h3-5,10H,2,6-7,12H2,1H3,(H,14,15)/t10-/m0/s1. The van der Waals surface area contributed by atoms with E-state index in [0.29, 0.717) is 11.5 Å². The van der Waals surface area contributed by atoms with Crippen molar-refractivity contribution in [2.45, 2.75) is 25.1 Å². The number of aromatic nitrogens is 1. The number of carboxylic acid groups (broad SMARTS) is 1. The van der Waals surface area contributed by atoms with E-state index in [0.717, 1.165) is 17.8 Å². The van der Waals surface area contributed by atoms with Gasteiger partial charge in [-0.25, -0.2) is 0 Å². The van der Waals surface area contributed by atoms with Gasteiger partial charge in [0.25, 0.3) is 0 Å². The number of nitrogens with zero attached hydrogens (tertiary/aromatic N) is 1. The molecule has 1 atom stereocenters. The fourth-order valence-electron chi connectivity index (χ4n) is 1.17. The predicted molar refractivity (Wildman–Crippen MR) is 65.4 cm³/mol. The molecule has 0 aromatic carbocycles. The molecule has 0 aliphatic rings. The van der Waals surface area contributed by atoms with Crippen LogP contribution in [0, 0.1) is 0 Å². The van der Waals surface area contributed by atoms with Gasteiger partial charge in [-0.15, -0.1) is 0 Å². The van der Waals surface area contributed by atoms with E-state index in [4.69, 9.17) is 10.8 Å². The Bertz CT molecular complexity index is 358. The molecule has 1 rings (SSSR count). The summed E-state index contributed by atoms with van der Waals surface area (Å²) >= 11 is 1.49. The van der Waals surface area contributed by atoms with Crippen LogP contribution >= 0.6 is 11.8 Å². The summed E-state index contributed by atoms with van der Waals surface area (Å²) in [5, 5.41) is 8.61. The Morgan fingerprint density at radius 2 is 2.25 bits per heavy atom. The highest BCUT2D eigenvalue weighted by Crippen LogP contribution is 2.11. The molecule has 0 unspecified atom stereocenters. The zero-order chi connectivity index (χ0) is 12.0. The lowest BCUT2D eigenvalue weighted by Gasteiger charge is -2.06. The maximum Gasteiger partial charge on any atom is 0.321 e. The third kappa shape index (κ3) is 4.20. The van der Waals surface area contributed by atoms with Crippen LogP contribution < -0.4 is 5.73 Å². The Kier molecular flexibility index (Phi) is 5.28. The van der Waals surface area contributed by atoms with Crippen LogP contribution in [0.2, 0.25) is 0 Å². The molecule has 1 aromatic heterocycles. The summed E-state index contributed by atoms with van der Waals surface area (Å²) in [4.78, 5) is 14.9. The summed E-state index contributed by atoms with van der Waals surface area (Å²) in [6, 6.07) is 5.11. The van der Waals surface area contributed by atoms with Crippen LogP contribution in [0.15, 0.2) is 18.2 Å². The zero-order valence-electron chi connectivity index (χ0n) is 9.22. The van der Waals surface area contributed by atoms with Gasteiger partial charge in [-0.05, 0) is 18.6 Å². The third-order valence-corrected chi connectivity index (χ3v) is 3.19. The fraction of sp³-hybridized carbons (Fsp3) is 0.455. The number of nitrogens with two attached hydrogens (primary N) is 1. The molecular formula is C11H16N2O2S. The first kappa shape index (κ1) is 13.0. The Morgan fingerprint density at radius 1 is 1.56 bits per heavy atom. The van der Waals surface area contributed by atoms with Crippen LogP contribution in [0.25, 0.3) is 0 Å². The minimum absolute atomic E-state index is 0.410. The molecule has 0 radical (unpaired) electrons. The Morgan fingerprint density at radius 3 is 2.88 bits per heavy atom. The largest absolute Gasteiger partial charge is 0.480 e. The summed E-state index contributed by atoms with van der Waals surface area (Å²) in [5.41, 5.74) is 7.43. The van der Waals surface area contributed by atoms with Crippen molar-refractivity contribution in [2.75, 3.05) is 5.75 Å². The minimum Gasteiger partial charge on any atom is -0.480 e. The summed E-state index contributed by atoms with van der Waals surface area (Å²) in [6.07, 6.45) is 0.910. The van der Waals surface area contributed by atoms with Gasteiger partial charge < -0.3 is 10.8 Å². The Hall–Kier alpha value is -1.07. The summed E-state index contributed by atoms with van der Waals surface area (Å²) < 4.78 is 0. The molecule has 1 aromatic rings. The van der Waals surface area contributed by atoms with E-state index in [-0.39, 0.29) is 0 Å². The third-order valence-electron chi connectivity index (χ3n) is 2.09. The SMILES string of the molecule is CCc1cccc(CSC[C@H](N)C(=O)O)n1. The second kappa shape index (κ2) is 6.50. The van der Waals surface area contributed by atoms with Gasteiger partial charge in [-0.1, -0.05) is 13.0 Å². The van der Waals surface area contributed by atoms with Gasteiger partial charge in [0.1, 0.15) is 6.04 Å². The minimum atomic E-state index is -0.956. The first-order valence-corrected chi connectivity index (χ1v) is 6.30. The van der Waals surface area contributed by atoms with E-state index in [1.54, 1.807) is 0 Å². The normalized spacial score (nSPS) is 12.4. The van der Waals surface area contributed by atoms with Gasteiger partial charge in [0.15, 0.2) is 0 Å². The average molecular weight is 240 g/mol. The summed E-state index contributed by atoms with van der Waals surface area (Å²) in [7, 11) is 0. The maximum atomic E-state index is 10.5. The molecule has 0 saturated carbocycles. The number of carbonyl (C=O) groups is 1. The molecule has 3 N–H and O–H groups in total. The van der Waals surface area contributed by atoms with Crippen molar-refractivity contribution in [1.29, 1.82) is 0 Å². The second-order valence-corrected chi connectivity index (χ2v) is 4.46. The first-order chi connectivity index (χ1) is 7.63. The van der Waals surface area contributed by atoms with Gasteiger partial charge >= 0.3 is 5.97 Å². The highest BCUT2D eigenvalue weighted by Gasteiger charge is 2.10. The van der Waals surface area contributed by atoms with Gasteiger partial charge in [-0.2, -0.15) is 11.8 Å². The molecule has 0 spiro atoms. The van der Waals surface area contributed by atoms with Crippen molar-refractivity contribution in [3.63, 3.8) is 0 Å². The Balaban J connectivity index is 2.39. The number of carboxylic acids is 1. The maximum absolute atomic E-state index is 10.5. The molecule has 0 fully saturated rings. The van der Waals surface area contributed by atoms with E-state index in [1.165, 1.54) is 11.8 Å². The molecule has 4 nitrogen and oxygen atoms in total. The fourth-order valence-corrected chi connectivity index (χ4v) is 2.05. The van der Waals surface area contributed by atoms with Crippen LogP contribution in [-0.4, -0.2) is 27.9 Å². The number of aliphatic carboxylic acids is 1. The van der Waals surface area contributed by atoms with Crippen molar-refractivity contribution in [2.24, 2.45) is 5.73 Å². The van der Waals surface area contributed by atoms with Crippen LogP contribution in [0.1, 0.15) is 18.3 Å². The number of thioether (sulfide) groups is 1. The molecule has 0 amide bonds. The number of hydrogen-bond donors (Lipinski definition) is 2. The number of hydrogen-bond acceptors (Lipinski definition) is 4. The molecule has 0 aliphatic carbocycles. The van der Waals surface area contributed by atoms with E-state index >= 15 is 0 Å². The predicted octanol–water partition coefficient (Wildman–Crippen LogP) is 1.29. The zero-order valence-corrected chi connectivity index (χ0v) is 10.0. The van der Waals surface area contributed by atoms with E-state index < -0.39 is 12.0 Å². The van der Waals surface area contributed by atoms with Gasteiger partial charge in [-0.3, -0.25) is 9.78 Å². The second-order valence-electron chi connectivity index (χ2n) is 3.43. The lowest BCUT2D eigenvalue weighted by Crippen LogP contribution is -2.32. The van der Waals surface area contributed by atoms with Gasteiger partial charge in [0.05, 0.1) is 5.69 Å². The summed E-state index contributed by atoms with van der Waals surface area (Å²) in [6.45, 7) is 2.06. The number of pyridine rings is 1. The number of aryl methyl sites for hydroxylation is 1. The van der Waals surface area contributed by atoms with E-state index in [1.807, 2.05) is 18.2 Å². The molecule has 1 heterocycles. The molecule has 0 saturated heterocycles. The van der Waals surface area contributed by atoms with Crippen LogP contribution in [0.4, 0.5) is 0 Å². The van der Waals surface area contributed by atoms with Crippen LogP contribution in [-0.2, 0) is 17.0 Å². The molecule has 5 heteroatoms. The molecule has 0 bridgehead atoms. The summed E-state index contributed by atoms with van der Waals surface area (Å²) in [5.74, 6) is 0.158. The van der Waals surface area contributed by atoms with Gasteiger partial charge in [0, 0.05) is 17.2 Å². The topological polar surface area (TPSA) is 76.2 Å². The monoisotopic (exact) mass is 240 g/mol. The smallest absolute Gasteiger partial charge is 0.321 e. The van der Waals surface area contributed by atoms with E-state index in [9.17, 15) is 4.79 Å². The van der Waals surface area contributed by atoms with Crippen LogP contribution in [0.5, 0.6) is 0 Å². The highest BCUT2D eigenvalue weighted by atomic mass is 32.2. The highest BCUT2D eigenvalue weighted by molar-refractivity contribution is 7.98. The lowest BCUT2D eigenvalue weighted by molar-refractivity contribution is -0.137. The van der Waals surface area contributed by atoms with Crippen molar-refractivity contribution in [3.8, 4) is 0 Å². The molecule has 16 heavy (non-hydrogen) atoms. The van der Waals surface area contributed by atoms with Gasteiger partial charge in [0.2, 0.25) is 0 Å². The lowest BCUT2D eigenvalue weighted by atomic mass is 10.3. The van der Waals surface area contributed by atoms with E-state index in [2.05, 4.69) is 11.9 Å². The van der Waals surface area contributed by atoms with Crippen molar-refractivity contribution in [3.05, 3.63) is 29.6 Å². The molecule has 0 aliphatic heterocycles.